The number of rotatable bonds is 5. The number of esters is 1. The molecule has 2 heterocycles. The fraction of sp³-hybridized carbons (Fsp3) is 0.167. The highest BCUT2D eigenvalue weighted by molar-refractivity contribution is 5.93. The van der Waals surface area contributed by atoms with Crippen LogP contribution in [0.5, 0.6) is 11.5 Å². The van der Waals surface area contributed by atoms with Gasteiger partial charge in [-0.2, -0.15) is 0 Å². The molecule has 1 amide bonds. The summed E-state index contributed by atoms with van der Waals surface area (Å²) in [6.45, 7) is -0.556. The molecule has 10 heteroatoms. The minimum absolute atomic E-state index is 0.144. The average Bonchev–Trinajstić information content (AvgIpc) is 3.19. The molecular weight excluding hydrogens is 378 g/mol. The van der Waals surface area contributed by atoms with E-state index >= 15 is 0 Å². The van der Waals surface area contributed by atoms with Crippen LogP contribution in [0.1, 0.15) is 5.69 Å². The number of aromatic nitrogens is 1. The van der Waals surface area contributed by atoms with E-state index in [1.165, 1.54) is 18.2 Å². The Balaban J connectivity index is 1.31. The van der Waals surface area contributed by atoms with Gasteiger partial charge in [0.05, 0.1) is 6.42 Å². The lowest BCUT2D eigenvalue weighted by atomic mass is 10.2. The van der Waals surface area contributed by atoms with Crippen molar-refractivity contribution >= 4 is 28.5 Å². The van der Waals surface area contributed by atoms with E-state index in [2.05, 4.69) is 19.9 Å². The van der Waals surface area contributed by atoms with E-state index in [1.807, 2.05) is 0 Å². The highest BCUT2D eigenvalue weighted by atomic mass is 19.3. The van der Waals surface area contributed by atoms with Gasteiger partial charge in [-0.15, -0.1) is 8.78 Å². The largest absolute Gasteiger partial charge is 0.586 e. The summed E-state index contributed by atoms with van der Waals surface area (Å²) in [5, 5.41) is 6.91. The summed E-state index contributed by atoms with van der Waals surface area (Å²) in [7, 11) is 0. The van der Waals surface area contributed by atoms with Crippen LogP contribution in [0.3, 0.4) is 0 Å². The van der Waals surface area contributed by atoms with Gasteiger partial charge in [0.1, 0.15) is 5.69 Å². The number of anilines is 1. The quantitative estimate of drug-likeness (QED) is 0.669. The molecular formula is C18H12F2N2O6. The zero-order chi connectivity index (χ0) is 19.7. The van der Waals surface area contributed by atoms with Crippen molar-refractivity contribution in [3.63, 3.8) is 0 Å². The molecule has 0 atom stereocenters. The van der Waals surface area contributed by atoms with Gasteiger partial charge in [-0.05, 0) is 24.3 Å². The number of nitrogens with zero attached hydrogens (tertiary/aromatic N) is 1. The van der Waals surface area contributed by atoms with Crippen molar-refractivity contribution in [1.29, 1.82) is 0 Å². The maximum Gasteiger partial charge on any atom is 0.586 e. The molecule has 4 rings (SSSR count). The van der Waals surface area contributed by atoms with Gasteiger partial charge >= 0.3 is 12.3 Å². The number of carbonyl (C=O) groups excluding carboxylic acids is 2. The highest BCUT2D eigenvalue weighted by Crippen LogP contribution is 2.42. The van der Waals surface area contributed by atoms with Gasteiger partial charge in [0.2, 0.25) is 0 Å². The van der Waals surface area contributed by atoms with Crippen LogP contribution in [0.15, 0.2) is 47.0 Å². The first-order chi connectivity index (χ1) is 13.4. The summed E-state index contributed by atoms with van der Waals surface area (Å²) < 4.78 is 44.6. The Kier molecular flexibility index (Phi) is 4.30. The van der Waals surface area contributed by atoms with Gasteiger partial charge in [0.15, 0.2) is 23.7 Å². The minimum Gasteiger partial charge on any atom is -0.455 e. The number of amides is 1. The molecule has 1 aliphatic heterocycles. The molecule has 28 heavy (non-hydrogen) atoms. The molecule has 0 fully saturated rings. The van der Waals surface area contributed by atoms with Crippen LogP contribution in [-0.4, -0.2) is 29.9 Å². The molecule has 0 unspecified atom stereocenters. The molecule has 144 valence electrons. The molecule has 1 N–H and O–H groups in total. The van der Waals surface area contributed by atoms with Crippen molar-refractivity contribution in [2.45, 2.75) is 12.7 Å². The van der Waals surface area contributed by atoms with Gasteiger partial charge in [0, 0.05) is 17.1 Å². The van der Waals surface area contributed by atoms with Gasteiger partial charge in [-0.25, -0.2) is 0 Å². The molecule has 1 aliphatic rings. The van der Waals surface area contributed by atoms with Crippen molar-refractivity contribution in [3.05, 3.63) is 48.2 Å². The summed E-state index contributed by atoms with van der Waals surface area (Å²) in [5.74, 6) is -1.67. The van der Waals surface area contributed by atoms with Crippen LogP contribution >= 0.6 is 0 Å². The van der Waals surface area contributed by atoms with E-state index in [0.717, 1.165) is 0 Å². The van der Waals surface area contributed by atoms with Gasteiger partial charge in [-0.1, -0.05) is 17.3 Å². The van der Waals surface area contributed by atoms with E-state index in [4.69, 9.17) is 9.26 Å². The maximum atomic E-state index is 13.0. The summed E-state index contributed by atoms with van der Waals surface area (Å²) in [5.41, 5.74) is 1.12. The normalized spacial score (nSPS) is 14.1. The Bertz CT molecular complexity index is 1070. The standard InChI is InChI=1S/C18H12F2N2O6/c19-18(20)26-14-6-5-10(7-15(14)27-18)21-16(23)9-25-17(24)8-12-11-3-1-2-4-13(11)28-22-12/h1-7H,8-9H2,(H,21,23). The zero-order valence-electron chi connectivity index (χ0n) is 14.1. The summed E-state index contributed by atoms with van der Waals surface area (Å²) in [4.78, 5) is 23.8. The molecule has 0 radical (unpaired) electrons. The number of benzene rings is 2. The number of halogens is 2. The number of ether oxygens (including phenoxy) is 3. The van der Waals surface area contributed by atoms with Crippen LogP contribution in [0.2, 0.25) is 0 Å². The first-order valence-corrected chi connectivity index (χ1v) is 8.08. The number of hydrogen-bond donors (Lipinski definition) is 1. The first-order valence-electron chi connectivity index (χ1n) is 8.08. The fourth-order valence-corrected chi connectivity index (χ4v) is 2.62. The lowest BCUT2D eigenvalue weighted by Gasteiger charge is -2.07. The van der Waals surface area contributed by atoms with Crippen molar-refractivity contribution < 1.29 is 37.1 Å². The van der Waals surface area contributed by atoms with E-state index in [9.17, 15) is 18.4 Å². The first kappa shape index (κ1) is 17.7. The average molecular weight is 390 g/mol. The molecule has 0 saturated heterocycles. The molecule has 3 aromatic rings. The Morgan fingerprint density at radius 2 is 1.89 bits per heavy atom. The van der Waals surface area contributed by atoms with Crippen LogP contribution in [0.4, 0.5) is 14.5 Å². The van der Waals surface area contributed by atoms with Gasteiger partial charge in [-0.3, -0.25) is 9.59 Å². The van der Waals surface area contributed by atoms with E-state index in [0.29, 0.717) is 16.7 Å². The maximum absolute atomic E-state index is 13.0. The molecule has 1 aromatic heterocycles. The number of hydrogen-bond acceptors (Lipinski definition) is 7. The van der Waals surface area contributed by atoms with Crippen LogP contribution in [0.25, 0.3) is 11.0 Å². The predicted octanol–water partition coefficient (Wildman–Crippen LogP) is 2.87. The van der Waals surface area contributed by atoms with Gasteiger partial charge < -0.3 is 24.1 Å². The SMILES string of the molecule is O=C(COC(=O)Cc1noc2ccccc12)Nc1ccc2c(c1)OC(F)(F)O2. The van der Waals surface area contributed by atoms with Crippen LogP contribution in [0, 0.1) is 0 Å². The van der Waals surface area contributed by atoms with Crippen molar-refractivity contribution in [3.8, 4) is 11.5 Å². The molecule has 0 aliphatic carbocycles. The molecule has 8 nitrogen and oxygen atoms in total. The second-order valence-electron chi connectivity index (χ2n) is 5.84. The third kappa shape index (κ3) is 3.70. The smallest absolute Gasteiger partial charge is 0.455 e. The third-order valence-electron chi connectivity index (χ3n) is 3.81. The van der Waals surface area contributed by atoms with Crippen LogP contribution in [-0.2, 0) is 20.7 Å². The number of para-hydroxylation sites is 1. The predicted molar refractivity (Wildman–Crippen MR) is 89.9 cm³/mol. The summed E-state index contributed by atoms with van der Waals surface area (Å²) >= 11 is 0. The van der Waals surface area contributed by atoms with E-state index in [1.54, 1.807) is 24.3 Å². The Labute approximate surface area is 155 Å². The zero-order valence-corrected chi connectivity index (χ0v) is 14.1. The van der Waals surface area contributed by atoms with Crippen molar-refractivity contribution in [1.82, 2.24) is 5.16 Å². The Morgan fingerprint density at radius 3 is 2.75 bits per heavy atom. The topological polar surface area (TPSA) is 99.9 Å². The van der Waals surface area contributed by atoms with Crippen molar-refractivity contribution in [2.24, 2.45) is 0 Å². The molecule has 0 saturated carbocycles. The van der Waals surface area contributed by atoms with E-state index < -0.39 is 24.8 Å². The molecule has 0 bridgehead atoms. The summed E-state index contributed by atoms with van der Waals surface area (Å²) in [6, 6.07) is 10.8. The number of fused-ring (bicyclic) bond motifs is 2. The lowest BCUT2D eigenvalue weighted by Crippen LogP contribution is -2.25. The number of alkyl halides is 2. The Hall–Kier alpha value is -3.69. The summed E-state index contributed by atoms with van der Waals surface area (Å²) in [6.07, 6.45) is -3.91. The van der Waals surface area contributed by atoms with E-state index in [-0.39, 0.29) is 23.6 Å². The number of nitrogens with one attached hydrogen (secondary N) is 1. The minimum atomic E-state index is -3.74. The fourth-order valence-electron chi connectivity index (χ4n) is 2.62. The van der Waals surface area contributed by atoms with Crippen LogP contribution < -0.4 is 14.8 Å². The third-order valence-corrected chi connectivity index (χ3v) is 3.81. The molecule has 0 spiro atoms. The number of carbonyl (C=O) groups is 2. The van der Waals surface area contributed by atoms with Gasteiger partial charge in [0.25, 0.3) is 5.91 Å². The molecule has 2 aromatic carbocycles. The highest BCUT2D eigenvalue weighted by Gasteiger charge is 2.43. The Morgan fingerprint density at radius 1 is 1.11 bits per heavy atom. The lowest BCUT2D eigenvalue weighted by molar-refractivity contribution is -0.286. The monoisotopic (exact) mass is 390 g/mol. The second kappa shape index (κ2) is 6.80. The second-order valence-corrected chi connectivity index (χ2v) is 5.84. The van der Waals surface area contributed by atoms with Crippen molar-refractivity contribution in [2.75, 3.05) is 11.9 Å².